The van der Waals surface area contributed by atoms with E-state index in [1.807, 2.05) is 59.6 Å². The second-order valence-corrected chi connectivity index (χ2v) is 6.83. The number of amides is 1. The molecule has 1 saturated heterocycles. The summed E-state index contributed by atoms with van der Waals surface area (Å²) in [6.45, 7) is 2.86. The highest BCUT2D eigenvalue weighted by Gasteiger charge is 2.24. The SMILES string of the molecule is O=C(c1ccccc1Br)N1CCN(c2cnc3ccccc3n2)CC1. The van der Waals surface area contributed by atoms with E-state index in [4.69, 9.17) is 4.98 Å². The molecule has 1 fully saturated rings. The molecule has 0 saturated carbocycles. The third kappa shape index (κ3) is 3.22. The minimum atomic E-state index is 0.0664. The van der Waals surface area contributed by atoms with Crippen molar-refractivity contribution in [1.82, 2.24) is 14.9 Å². The summed E-state index contributed by atoms with van der Waals surface area (Å²) in [5, 5.41) is 0. The van der Waals surface area contributed by atoms with E-state index in [-0.39, 0.29) is 5.91 Å². The second kappa shape index (κ2) is 6.80. The molecular weight excluding hydrogens is 380 g/mol. The average molecular weight is 397 g/mol. The van der Waals surface area contributed by atoms with Crippen LogP contribution in [-0.2, 0) is 0 Å². The molecule has 0 aliphatic carbocycles. The van der Waals surface area contributed by atoms with Crippen LogP contribution < -0.4 is 4.90 Å². The molecule has 126 valence electrons. The highest BCUT2D eigenvalue weighted by molar-refractivity contribution is 9.10. The van der Waals surface area contributed by atoms with Gasteiger partial charge in [-0.05, 0) is 40.2 Å². The van der Waals surface area contributed by atoms with Crippen LogP contribution in [0.3, 0.4) is 0 Å². The van der Waals surface area contributed by atoms with E-state index in [1.165, 1.54) is 0 Å². The Kier molecular flexibility index (Phi) is 4.36. The number of piperazine rings is 1. The summed E-state index contributed by atoms with van der Waals surface area (Å²) in [5.74, 6) is 0.934. The third-order valence-corrected chi connectivity index (χ3v) is 5.12. The van der Waals surface area contributed by atoms with Gasteiger partial charge in [-0.25, -0.2) is 4.98 Å². The van der Waals surface area contributed by atoms with Gasteiger partial charge in [0.05, 0.1) is 22.8 Å². The topological polar surface area (TPSA) is 49.3 Å². The minimum absolute atomic E-state index is 0.0664. The lowest BCUT2D eigenvalue weighted by atomic mass is 10.2. The molecule has 4 rings (SSSR count). The van der Waals surface area contributed by atoms with E-state index >= 15 is 0 Å². The summed E-state index contributed by atoms with van der Waals surface area (Å²) in [6.07, 6.45) is 1.81. The number of para-hydroxylation sites is 2. The molecule has 0 unspecified atom stereocenters. The Labute approximate surface area is 154 Å². The summed E-state index contributed by atoms with van der Waals surface area (Å²) in [4.78, 5) is 25.9. The number of rotatable bonds is 2. The first-order chi connectivity index (χ1) is 12.2. The van der Waals surface area contributed by atoms with Crippen LogP contribution in [0.15, 0.2) is 59.2 Å². The van der Waals surface area contributed by atoms with Gasteiger partial charge < -0.3 is 9.80 Å². The molecule has 1 amide bonds. The fourth-order valence-electron chi connectivity index (χ4n) is 3.04. The number of hydrogen-bond donors (Lipinski definition) is 0. The largest absolute Gasteiger partial charge is 0.352 e. The minimum Gasteiger partial charge on any atom is -0.352 e. The maximum Gasteiger partial charge on any atom is 0.255 e. The summed E-state index contributed by atoms with van der Waals surface area (Å²) in [7, 11) is 0. The van der Waals surface area contributed by atoms with E-state index < -0.39 is 0 Å². The zero-order valence-electron chi connectivity index (χ0n) is 13.6. The number of halogens is 1. The van der Waals surface area contributed by atoms with Gasteiger partial charge in [0.1, 0.15) is 5.82 Å². The Morgan fingerprint density at radius 2 is 1.60 bits per heavy atom. The van der Waals surface area contributed by atoms with Gasteiger partial charge in [0.15, 0.2) is 0 Å². The smallest absolute Gasteiger partial charge is 0.255 e. The van der Waals surface area contributed by atoms with Crippen molar-refractivity contribution in [2.45, 2.75) is 0 Å². The van der Waals surface area contributed by atoms with Crippen LogP contribution in [0, 0.1) is 0 Å². The van der Waals surface area contributed by atoms with Gasteiger partial charge in [-0.15, -0.1) is 0 Å². The van der Waals surface area contributed by atoms with Crippen molar-refractivity contribution in [1.29, 1.82) is 0 Å². The fourth-order valence-corrected chi connectivity index (χ4v) is 3.50. The molecule has 5 nitrogen and oxygen atoms in total. The number of nitrogens with zero attached hydrogens (tertiary/aromatic N) is 4. The van der Waals surface area contributed by atoms with Crippen LogP contribution in [0.25, 0.3) is 11.0 Å². The quantitative estimate of drug-likeness (QED) is 0.666. The van der Waals surface area contributed by atoms with E-state index in [1.54, 1.807) is 0 Å². The lowest BCUT2D eigenvalue weighted by molar-refractivity contribution is 0.0745. The predicted molar refractivity (Wildman–Crippen MR) is 102 cm³/mol. The van der Waals surface area contributed by atoms with Gasteiger partial charge in [0, 0.05) is 30.7 Å². The molecule has 0 N–H and O–H groups in total. The zero-order chi connectivity index (χ0) is 17.2. The molecule has 2 aromatic carbocycles. The molecular formula is C19H17BrN4O. The summed E-state index contributed by atoms with van der Waals surface area (Å²) >= 11 is 3.46. The lowest BCUT2D eigenvalue weighted by Crippen LogP contribution is -2.49. The van der Waals surface area contributed by atoms with Crippen molar-refractivity contribution >= 4 is 38.7 Å². The summed E-state index contributed by atoms with van der Waals surface area (Å²) in [6, 6.07) is 15.4. The van der Waals surface area contributed by atoms with Crippen molar-refractivity contribution in [2.75, 3.05) is 31.1 Å². The molecule has 1 aliphatic heterocycles. The Morgan fingerprint density at radius 1 is 0.920 bits per heavy atom. The maximum absolute atomic E-state index is 12.7. The summed E-state index contributed by atoms with van der Waals surface area (Å²) < 4.78 is 0.836. The highest BCUT2D eigenvalue weighted by atomic mass is 79.9. The lowest BCUT2D eigenvalue weighted by Gasteiger charge is -2.35. The molecule has 1 aliphatic rings. The average Bonchev–Trinajstić information content (AvgIpc) is 2.67. The Morgan fingerprint density at radius 3 is 2.36 bits per heavy atom. The fraction of sp³-hybridized carbons (Fsp3) is 0.211. The van der Waals surface area contributed by atoms with E-state index in [9.17, 15) is 4.79 Å². The normalized spacial score (nSPS) is 14.8. The molecule has 0 spiro atoms. The van der Waals surface area contributed by atoms with E-state index in [0.717, 1.165) is 34.4 Å². The van der Waals surface area contributed by atoms with Crippen LogP contribution >= 0.6 is 15.9 Å². The molecule has 3 aromatic rings. The van der Waals surface area contributed by atoms with Crippen LogP contribution in [-0.4, -0.2) is 47.0 Å². The number of benzene rings is 2. The predicted octanol–water partition coefficient (Wildman–Crippen LogP) is 3.35. The first-order valence-electron chi connectivity index (χ1n) is 8.23. The molecule has 1 aromatic heterocycles. The van der Waals surface area contributed by atoms with Gasteiger partial charge >= 0.3 is 0 Å². The monoisotopic (exact) mass is 396 g/mol. The van der Waals surface area contributed by atoms with Crippen molar-refractivity contribution in [2.24, 2.45) is 0 Å². The maximum atomic E-state index is 12.7. The van der Waals surface area contributed by atoms with Gasteiger partial charge in [0.25, 0.3) is 5.91 Å². The van der Waals surface area contributed by atoms with E-state index in [0.29, 0.717) is 18.7 Å². The van der Waals surface area contributed by atoms with Crippen molar-refractivity contribution in [3.8, 4) is 0 Å². The van der Waals surface area contributed by atoms with Crippen molar-refractivity contribution in [3.63, 3.8) is 0 Å². The number of aromatic nitrogens is 2. The van der Waals surface area contributed by atoms with Crippen LogP contribution in [0.5, 0.6) is 0 Å². The van der Waals surface area contributed by atoms with Gasteiger partial charge in [-0.1, -0.05) is 24.3 Å². The first-order valence-corrected chi connectivity index (χ1v) is 9.02. The standard InChI is InChI=1S/C19H17BrN4O/c20-15-6-2-1-5-14(15)19(25)24-11-9-23(10-12-24)18-13-21-16-7-3-4-8-17(16)22-18/h1-8,13H,9-12H2. The highest BCUT2D eigenvalue weighted by Crippen LogP contribution is 2.21. The summed E-state index contributed by atoms with van der Waals surface area (Å²) in [5.41, 5.74) is 2.50. The van der Waals surface area contributed by atoms with Crippen molar-refractivity contribution in [3.05, 3.63) is 64.8 Å². The van der Waals surface area contributed by atoms with Crippen LogP contribution in [0.1, 0.15) is 10.4 Å². The van der Waals surface area contributed by atoms with Gasteiger partial charge in [-0.3, -0.25) is 9.78 Å². The van der Waals surface area contributed by atoms with E-state index in [2.05, 4.69) is 25.8 Å². The Bertz CT molecular complexity index is 922. The molecule has 2 heterocycles. The van der Waals surface area contributed by atoms with Gasteiger partial charge in [0.2, 0.25) is 0 Å². The number of carbonyl (C=O) groups excluding carboxylic acids is 1. The number of carbonyl (C=O) groups is 1. The van der Waals surface area contributed by atoms with Crippen LogP contribution in [0.4, 0.5) is 5.82 Å². The van der Waals surface area contributed by atoms with Gasteiger partial charge in [-0.2, -0.15) is 0 Å². The number of hydrogen-bond acceptors (Lipinski definition) is 4. The number of fused-ring (bicyclic) bond motifs is 1. The Hall–Kier alpha value is -2.47. The number of anilines is 1. The molecule has 6 heteroatoms. The molecule has 0 radical (unpaired) electrons. The van der Waals surface area contributed by atoms with Crippen LogP contribution in [0.2, 0.25) is 0 Å². The second-order valence-electron chi connectivity index (χ2n) is 5.98. The van der Waals surface area contributed by atoms with Crippen molar-refractivity contribution < 1.29 is 4.79 Å². The molecule has 0 bridgehead atoms. The first kappa shape index (κ1) is 16.0. The molecule has 0 atom stereocenters. The zero-order valence-corrected chi connectivity index (χ0v) is 15.2. The Balaban J connectivity index is 1.47. The third-order valence-electron chi connectivity index (χ3n) is 4.43. The molecule has 25 heavy (non-hydrogen) atoms.